The van der Waals surface area contributed by atoms with E-state index in [2.05, 4.69) is 24.1 Å². The van der Waals surface area contributed by atoms with Gasteiger partial charge in [-0.2, -0.15) is 0 Å². The van der Waals surface area contributed by atoms with Crippen molar-refractivity contribution in [3.63, 3.8) is 0 Å². The van der Waals surface area contributed by atoms with E-state index >= 15 is 0 Å². The molecule has 1 aromatic rings. The molecule has 3 fully saturated rings. The summed E-state index contributed by atoms with van der Waals surface area (Å²) in [4.78, 5) is 15.5. The molecule has 1 saturated heterocycles. The topological polar surface area (TPSA) is 48.0 Å². The minimum Gasteiger partial charge on any atom is -0.462 e. The number of nitrogens with zero attached hydrogens (tertiary/aromatic N) is 1. The minimum atomic E-state index is -0.223. The molecule has 172 valence electrons. The molecule has 0 spiro atoms. The van der Waals surface area contributed by atoms with Crippen LogP contribution in [0.5, 0.6) is 0 Å². The van der Waals surface area contributed by atoms with Crippen molar-refractivity contribution in [2.24, 2.45) is 5.92 Å². The van der Waals surface area contributed by atoms with Gasteiger partial charge in [-0.1, -0.05) is 68.9 Å². The van der Waals surface area contributed by atoms with Crippen molar-refractivity contribution in [3.05, 3.63) is 35.9 Å². The highest BCUT2D eigenvalue weighted by atomic mass is 16.7. The van der Waals surface area contributed by atoms with E-state index in [4.69, 9.17) is 14.2 Å². The Balaban J connectivity index is 1.27. The lowest BCUT2D eigenvalue weighted by molar-refractivity contribution is -0.152. The molecule has 1 heterocycles. The van der Waals surface area contributed by atoms with Crippen molar-refractivity contribution in [1.82, 2.24) is 4.90 Å². The van der Waals surface area contributed by atoms with Crippen LogP contribution < -0.4 is 0 Å². The van der Waals surface area contributed by atoms with Gasteiger partial charge < -0.3 is 14.2 Å². The van der Waals surface area contributed by atoms with Gasteiger partial charge in [-0.05, 0) is 44.2 Å². The second-order valence-electron chi connectivity index (χ2n) is 9.67. The number of esters is 1. The first-order chi connectivity index (χ1) is 15.2. The number of ether oxygens (including phenoxy) is 3. The predicted octanol–water partition coefficient (Wildman–Crippen LogP) is 4.90. The van der Waals surface area contributed by atoms with E-state index in [1.165, 1.54) is 51.4 Å². The molecule has 0 amide bonds. The molecule has 0 aromatic heterocycles. The fraction of sp³-hybridized carbons (Fsp3) is 0.731. The number of rotatable bonds is 8. The number of hydrogen-bond donors (Lipinski definition) is 0. The molecular weight excluding hydrogens is 390 g/mol. The smallest absolute Gasteiger partial charge is 0.313 e. The largest absolute Gasteiger partial charge is 0.462 e. The van der Waals surface area contributed by atoms with Crippen molar-refractivity contribution in [1.29, 1.82) is 0 Å². The van der Waals surface area contributed by atoms with Gasteiger partial charge in [0.2, 0.25) is 0 Å². The average Bonchev–Trinajstić information content (AvgIpc) is 3.27. The van der Waals surface area contributed by atoms with E-state index in [0.717, 1.165) is 24.9 Å². The van der Waals surface area contributed by atoms with E-state index in [0.29, 0.717) is 18.6 Å². The second kappa shape index (κ2) is 11.4. The molecule has 31 heavy (non-hydrogen) atoms. The van der Waals surface area contributed by atoms with Crippen LogP contribution in [-0.2, 0) is 19.0 Å². The van der Waals surface area contributed by atoms with Crippen LogP contribution in [0.3, 0.4) is 0 Å². The Labute approximate surface area is 187 Å². The highest BCUT2D eigenvalue weighted by Crippen LogP contribution is 2.37. The van der Waals surface area contributed by atoms with Crippen LogP contribution in [0.15, 0.2) is 30.3 Å². The van der Waals surface area contributed by atoms with Crippen LogP contribution in [0.1, 0.15) is 75.7 Å². The summed E-state index contributed by atoms with van der Waals surface area (Å²) in [6, 6.07) is 10.8. The van der Waals surface area contributed by atoms with Gasteiger partial charge in [0.1, 0.15) is 12.7 Å². The summed E-state index contributed by atoms with van der Waals surface area (Å²) in [7, 11) is 2.17. The number of carbonyl (C=O) groups excluding carboxylic acids is 1. The zero-order valence-corrected chi connectivity index (χ0v) is 19.0. The molecule has 5 nitrogen and oxygen atoms in total. The summed E-state index contributed by atoms with van der Waals surface area (Å²) in [6.45, 7) is 1.55. The predicted molar refractivity (Wildman–Crippen MR) is 121 cm³/mol. The summed E-state index contributed by atoms with van der Waals surface area (Å²) in [5.74, 6) is 0.0998. The Kier molecular flexibility index (Phi) is 8.40. The van der Waals surface area contributed by atoms with Gasteiger partial charge in [0.05, 0.1) is 12.5 Å². The minimum absolute atomic E-state index is 0.107. The summed E-state index contributed by atoms with van der Waals surface area (Å²) < 4.78 is 17.7. The first-order valence-electron chi connectivity index (χ1n) is 12.4. The van der Waals surface area contributed by atoms with E-state index in [9.17, 15) is 4.79 Å². The monoisotopic (exact) mass is 429 g/mol. The molecule has 2 aliphatic carbocycles. The van der Waals surface area contributed by atoms with Gasteiger partial charge in [-0.15, -0.1) is 0 Å². The standard InChI is InChI=1S/C26H39NO4/c1-27(22-15-9-4-10-16-22)17-24-29-18-23(31-24)19-30-26(28)25(20-11-5-2-6-12-20)21-13-7-3-8-14-21/h2,5-6,11-12,21-25H,3-4,7-10,13-19H2,1H3. The third kappa shape index (κ3) is 6.30. The highest BCUT2D eigenvalue weighted by molar-refractivity contribution is 5.78. The first-order valence-corrected chi connectivity index (χ1v) is 12.4. The van der Waals surface area contributed by atoms with Crippen LogP contribution in [0.4, 0.5) is 0 Å². The number of carbonyl (C=O) groups is 1. The zero-order valence-electron chi connectivity index (χ0n) is 19.0. The molecule has 0 N–H and O–H groups in total. The summed E-state index contributed by atoms with van der Waals surface area (Å²) in [5, 5.41) is 0. The lowest BCUT2D eigenvalue weighted by Crippen LogP contribution is -2.39. The number of benzene rings is 1. The Morgan fingerprint density at radius 2 is 1.71 bits per heavy atom. The Bertz CT molecular complexity index is 669. The molecule has 0 bridgehead atoms. The van der Waals surface area contributed by atoms with Crippen LogP contribution in [0.2, 0.25) is 0 Å². The van der Waals surface area contributed by atoms with E-state index < -0.39 is 0 Å². The molecule has 1 aromatic carbocycles. The maximum atomic E-state index is 13.1. The lowest BCUT2D eigenvalue weighted by Gasteiger charge is -2.32. The third-order valence-corrected chi connectivity index (χ3v) is 7.39. The van der Waals surface area contributed by atoms with Gasteiger partial charge in [0, 0.05) is 12.6 Å². The van der Waals surface area contributed by atoms with Gasteiger partial charge in [-0.3, -0.25) is 9.69 Å². The Morgan fingerprint density at radius 1 is 1.03 bits per heavy atom. The number of hydrogen-bond acceptors (Lipinski definition) is 5. The quantitative estimate of drug-likeness (QED) is 0.550. The van der Waals surface area contributed by atoms with Gasteiger partial charge >= 0.3 is 5.97 Å². The van der Waals surface area contributed by atoms with E-state index in [1.807, 2.05) is 18.2 Å². The van der Waals surface area contributed by atoms with Crippen molar-refractivity contribution in [3.8, 4) is 0 Å². The summed E-state index contributed by atoms with van der Waals surface area (Å²) in [5.41, 5.74) is 1.08. The third-order valence-electron chi connectivity index (χ3n) is 7.39. The molecule has 3 aliphatic rings. The highest BCUT2D eigenvalue weighted by Gasteiger charge is 2.34. The molecule has 4 rings (SSSR count). The second-order valence-corrected chi connectivity index (χ2v) is 9.67. The fourth-order valence-corrected chi connectivity index (χ4v) is 5.59. The molecule has 0 radical (unpaired) electrons. The summed E-state index contributed by atoms with van der Waals surface area (Å²) >= 11 is 0. The van der Waals surface area contributed by atoms with Crippen molar-refractivity contribution in [2.75, 3.05) is 26.8 Å². The first kappa shape index (κ1) is 22.8. The van der Waals surface area contributed by atoms with Crippen molar-refractivity contribution in [2.45, 2.75) is 88.6 Å². The molecule has 2 saturated carbocycles. The van der Waals surface area contributed by atoms with Crippen molar-refractivity contribution < 1.29 is 19.0 Å². The van der Waals surface area contributed by atoms with Crippen molar-refractivity contribution >= 4 is 5.97 Å². The Hall–Kier alpha value is -1.43. The van der Waals surface area contributed by atoms with Crippen LogP contribution in [-0.4, -0.2) is 56.1 Å². The van der Waals surface area contributed by atoms with Gasteiger partial charge in [0.25, 0.3) is 0 Å². The Morgan fingerprint density at radius 3 is 2.42 bits per heavy atom. The number of likely N-dealkylation sites (N-methyl/N-ethyl adjacent to an activating group) is 1. The average molecular weight is 430 g/mol. The lowest BCUT2D eigenvalue weighted by atomic mass is 9.77. The normalized spacial score (nSPS) is 26.8. The summed E-state index contributed by atoms with van der Waals surface area (Å²) in [6.07, 6.45) is 12.0. The van der Waals surface area contributed by atoms with Crippen LogP contribution in [0, 0.1) is 5.92 Å². The van der Waals surface area contributed by atoms with Crippen LogP contribution >= 0.6 is 0 Å². The molecule has 3 atom stereocenters. The molecule has 3 unspecified atom stereocenters. The maximum Gasteiger partial charge on any atom is 0.313 e. The van der Waals surface area contributed by atoms with Gasteiger partial charge in [-0.25, -0.2) is 0 Å². The molecular formula is C26H39NO4. The maximum absolute atomic E-state index is 13.1. The van der Waals surface area contributed by atoms with Crippen LogP contribution in [0.25, 0.3) is 0 Å². The van der Waals surface area contributed by atoms with Gasteiger partial charge in [0.15, 0.2) is 6.29 Å². The van der Waals surface area contributed by atoms with E-state index in [-0.39, 0.29) is 30.9 Å². The molecule has 1 aliphatic heterocycles. The fourth-order valence-electron chi connectivity index (χ4n) is 5.59. The zero-order chi connectivity index (χ0) is 21.5. The van der Waals surface area contributed by atoms with E-state index in [1.54, 1.807) is 0 Å². The molecule has 5 heteroatoms. The SMILES string of the molecule is CN(CC1OCC(COC(=O)C(c2ccccc2)C2CCCCC2)O1)C1CCCCC1.